The molecule has 0 fully saturated rings. The summed E-state index contributed by atoms with van der Waals surface area (Å²) < 4.78 is 1.10. The van der Waals surface area contributed by atoms with Gasteiger partial charge in [-0.3, -0.25) is 4.79 Å². The molecule has 1 aromatic carbocycles. The quantitative estimate of drug-likeness (QED) is 0.908. The summed E-state index contributed by atoms with van der Waals surface area (Å²) >= 11 is 1.68. The number of carbonyl (C=O) groups excluding carboxylic acids is 1. The van der Waals surface area contributed by atoms with Crippen LogP contribution in [0.2, 0.25) is 0 Å². The van der Waals surface area contributed by atoms with Gasteiger partial charge in [0.25, 0.3) is 0 Å². The minimum atomic E-state index is 0.00959. The highest BCUT2D eigenvalue weighted by Gasteiger charge is 2.18. The van der Waals surface area contributed by atoms with Crippen molar-refractivity contribution in [1.82, 2.24) is 4.98 Å². The zero-order valence-corrected chi connectivity index (χ0v) is 13.0. The normalized spacial score (nSPS) is 11.8. The standard InChI is InChI=1S/C15H21N3OS/c1-15(2,3)14-18-11-7-6-10(9-12(11)20-14)17-13(19)5-4-8-16/h6-7,9H,4-5,8,16H2,1-3H3,(H,17,19). The number of nitrogens with two attached hydrogens (primary N) is 1. The van der Waals surface area contributed by atoms with Gasteiger partial charge in [-0.15, -0.1) is 11.3 Å². The van der Waals surface area contributed by atoms with Crippen LogP contribution in [0.5, 0.6) is 0 Å². The minimum absolute atomic E-state index is 0.00959. The van der Waals surface area contributed by atoms with Crippen LogP contribution in [0.3, 0.4) is 0 Å². The molecular weight excluding hydrogens is 270 g/mol. The van der Waals surface area contributed by atoms with E-state index in [1.54, 1.807) is 11.3 Å². The fraction of sp³-hybridized carbons (Fsp3) is 0.467. The third-order valence-electron chi connectivity index (χ3n) is 2.92. The molecule has 0 unspecified atom stereocenters. The maximum atomic E-state index is 11.7. The molecule has 0 atom stereocenters. The number of aromatic nitrogens is 1. The average Bonchev–Trinajstić information content (AvgIpc) is 2.79. The molecule has 0 bridgehead atoms. The largest absolute Gasteiger partial charge is 0.330 e. The van der Waals surface area contributed by atoms with Crippen LogP contribution in [0, 0.1) is 0 Å². The Labute approximate surface area is 123 Å². The molecule has 3 N–H and O–H groups in total. The lowest BCUT2D eigenvalue weighted by molar-refractivity contribution is -0.116. The summed E-state index contributed by atoms with van der Waals surface area (Å²) in [5.74, 6) is 0.00959. The van der Waals surface area contributed by atoms with Gasteiger partial charge in [0.15, 0.2) is 0 Å². The average molecular weight is 291 g/mol. The van der Waals surface area contributed by atoms with E-state index >= 15 is 0 Å². The van der Waals surface area contributed by atoms with E-state index in [1.165, 1.54) is 0 Å². The Morgan fingerprint density at radius 1 is 1.40 bits per heavy atom. The lowest BCUT2D eigenvalue weighted by Gasteiger charge is -2.13. The molecule has 2 rings (SSSR count). The molecule has 1 aromatic heterocycles. The Kier molecular flexibility index (Phi) is 4.40. The lowest BCUT2D eigenvalue weighted by atomic mass is 9.98. The van der Waals surface area contributed by atoms with Crippen LogP contribution in [-0.2, 0) is 10.2 Å². The molecule has 0 radical (unpaired) electrons. The maximum Gasteiger partial charge on any atom is 0.224 e. The first-order chi connectivity index (χ1) is 9.40. The number of hydrogen-bond donors (Lipinski definition) is 2. The van der Waals surface area contributed by atoms with Crippen LogP contribution < -0.4 is 11.1 Å². The van der Waals surface area contributed by atoms with Gasteiger partial charge in [-0.2, -0.15) is 0 Å². The summed E-state index contributed by atoms with van der Waals surface area (Å²) in [6.07, 6.45) is 1.17. The SMILES string of the molecule is CC(C)(C)c1nc2ccc(NC(=O)CCCN)cc2s1. The smallest absolute Gasteiger partial charge is 0.224 e. The topological polar surface area (TPSA) is 68.0 Å². The van der Waals surface area contributed by atoms with Gasteiger partial charge in [-0.25, -0.2) is 4.98 Å². The maximum absolute atomic E-state index is 11.7. The summed E-state index contributed by atoms with van der Waals surface area (Å²) in [5, 5.41) is 4.01. The zero-order valence-electron chi connectivity index (χ0n) is 12.2. The molecular formula is C15H21N3OS. The molecule has 0 saturated heterocycles. The monoisotopic (exact) mass is 291 g/mol. The van der Waals surface area contributed by atoms with Gasteiger partial charge in [-0.1, -0.05) is 20.8 Å². The van der Waals surface area contributed by atoms with Crippen molar-refractivity contribution in [2.45, 2.75) is 39.0 Å². The molecule has 20 heavy (non-hydrogen) atoms. The molecule has 2 aromatic rings. The van der Waals surface area contributed by atoms with Gasteiger partial charge in [0.1, 0.15) is 0 Å². The van der Waals surface area contributed by atoms with Gasteiger partial charge in [0.2, 0.25) is 5.91 Å². The molecule has 0 aliphatic rings. The van der Waals surface area contributed by atoms with E-state index in [4.69, 9.17) is 5.73 Å². The number of nitrogens with zero attached hydrogens (tertiary/aromatic N) is 1. The Morgan fingerprint density at radius 3 is 2.80 bits per heavy atom. The second kappa shape index (κ2) is 5.89. The van der Waals surface area contributed by atoms with Crippen molar-refractivity contribution in [1.29, 1.82) is 0 Å². The second-order valence-corrected chi connectivity index (χ2v) is 6.92. The van der Waals surface area contributed by atoms with Crippen molar-refractivity contribution in [2.24, 2.45) is 5.73 Å². The predicted molar refractivity (Wildman–Crippen MR) is 85.2 cm³/mol. The fourth-order valence-corrected chi connectivity index (χ4v) is 2.87. The molecule has 0 spiro atoms. The van der Waals surface area contributed by atoms with E-state index in [0.717, 1.165) is 20.9 Å². The Balaban J connectivity index is 2.19. The first-order valence-electron chi connectivity index (χ1n) is 6.81. The highest BCUT2D eigenvalue weighted by Crippen LogP contribution is 2.32. The van der Waals surface area contributed by atoms with E-state index in [0.29, 0.717) is 19.4 Å². The summed E-state index contributed by atoms with van der Waals surface area (Å²) in [6.45, 7) is 7.00. The number of nitrogens with one attached hydrogen (secondary N) is 1. The number of rotatable bonds is 4. The van der Waals surface area contributed by atoms with E-state index in [2.05, 4.69) is 31.1 Å². The molecule has 0 aliphatic heterocycles. The number of anilines is 1. The van der Waals surface area contributed by atoms with Crippen LogP contribution in [0.4, 0.5) is 5.69 Å². The van der Waals surface area contributed by atoms with Crippen LogP contribution in [0.1, 0.15) is 38.6 Å². The van der Waals surface area contributed by atoms with Crippen molar-refractivity contribution in [3.05, 3.63) is 23.2 Å². The Hall–Kier alpha value is -1.46. The van der Waals surface area contributed by atoms with Gasteiger partial charge in [-0.05, 0) is 31.2 Å². The highest BCUT2D eigenvalue weighted by molar-refractivity contribution is 7.18. The number of carbonyl (C=O) groups is 1. The minimum Gasteiger partial charge on any atom is -0.330 e. The van der Waals surface area contributed by atoms with Crippen molar-refractivity contribution in [3.63, 3.8) is 0 Å². The Morgan fingerprint density at radius 2 is 2.15 bits per heavy atom. The van der Waals surface area contributed by atoms with E-state index < -0.39 is 0 Å². The molecule has 108 valence electrons. The van der Waals surface area contributed by atoms with Crippen LogP contribution in [0.15, 0.2) is 18.2 Å². The number of hydrogen-bond acceptors (Lipinski definition) is 4. The van der Waals surface area contributed by atoms with Gasteiger partial charge in [0.05, 0.1) is 15.2 Å². The number of thiazole rings is 1. The van der Waals surface area contributed by atoms with Crippen molar-refractivity contribution >= 4 is 33.1 Å². The molecule has 0 saturated carbocycles. The van der Waals surface area contributed by atoms with E-state index in [9.17, 15) is 4.79 Å². The molecule has 1 amide bonds. The van der Waals surface area contributed by atoms with Crippen molar-refractivity contribution < 1.29 is 4.79 Å². The fourth-order valence-electron chi connectivity index (χ4n) is 1.81. The molecule has 0 aliphatic carbocycles. The van der Waals surface area contributed by atoms with Crippen LogP contribution in [0.25, 0.3) is 10.2 Å². The summed E-state index contributed by atoms with van der Waals surface area (Å²) in [4.78, 5) is 16.3. The lowest BCUT2D eigenvalue weighted by Crippen LogP contribution is -2.13. The molecule has 1 heterocycles. The van der Waals surface area contributed by atoms with Gasteiger partial charge >= 0.3 is 0 Å². The zero-order chi connectivity index (χ0) is 14.8. The first-order valence-corrected chi connectivity index (χ1v) is 7.63. The number of benzene rings is 1. The Bertz CT molecular complexity index is 613. The van der Waals surface area contributed by atoms with Crippen LogP contribution in [-0.4, -0.2) is 17.4 Å². The molecule has 5 heteroatoms. The first kappa shape index (κ1) is 14.9. The van der Waals surface area contributed by atoms with E-state index in [-0.39, 0.29) is 11.3 Å². The highest BCUT2D eigenvalue weighted by atomic mass is 32.1. The summed E-state index contributed by atoms with van der Waals surface area (Å²) in [7, 11) is 0. The van der Waals surface area contributed by atoms with Crippen molar-refractivity contribution in [3.8, 4) is 0 Å². The third kappa shape index (κ3) is 3.55. The predicted octanol–water partition coefficient (Wildman–Crippen LogP) is 3.27. The van der Waals surface area contributed by atoms with Crippen LogP contribution >= 0.6 is 11.3 Å². The third-order valence-corrected chi connectivity index (χ3v) is 4.37. The summed E-state index contributed by atoms with van der Waals surface area (Å²) in [6, 6.07) is 5.84. The number of amides is 1. The molecule has 4 nitrogen and oxygen atoms in total. The van der Waals surface area contributed by atoms with E-state index in [1.807, 2.05) is 18.2 Å². The van der Waals surface area contributed by atoms with Gasteiger partial charge in [0, 0.05) is 17.5 Å². The second-order valence-electron chi connectivity index (χ2n) is 5.89. The summed E-state index contributed by atoms with van der Waals surface area (Å²) in [5.41, 5.74) is 7.26. The van der Waals surface area contributed by atoms with Gasteiger partial charge < -0.3 is 11.1 Å². The number of fused-ring (bicyclic) bond motifs is 1. The van der Waals surface area contributed by atoms with Crippen molar-refractivity contribution in [2.75, 3.05) is 11.9 Å².